The molecule has 1 aromatic rings. The SMILES string of the molecule is Cc1cc(C)c2c(c1)N1CCNCCC1NC2=O. The largest absolute Gasteiger partial charge is 0.349 e. The molecule has 2 heterocycles. The molecule has 4 nitrogen and oxygen atoms in total. The Morgan fingerprint density at radius 1 is 1.28 bits per heavy atom. The summed E-state index contributed by atoms with van der Waals surface area (Å²) in [6.07, 6.45) is 1.10. The Morgan fingerprint density at radius 2 is 2.11 bits per heavy atom. The number of hydrogen-bond donors (Lipinski definition) is 2. The van der Waals surface area contributed by atoms with Crippen LogP contribution >= 0.6 is 0 Å². The first-order valence-corrected chi connectivity index (χ1v) is 6.56. The number of amides is 1. The van der Waals surface area contributed by atoms with Crippen LogP contribution in [0.1, 0.15) is 27.9 Å². The van der Waals surface area contributed by atoms with Crippen molar-refractivity contribution in [3.8, 4) is 0 Å². The molecule has 3 rings (SSSR count). The lowest BCUT2D eigenvalue weighted by Gasteiger charge is -2.38. The van der Waals surface area contributed by atoms with E-state index in [1.165, 1.54) is 5.56 Å². The van der Waals surface area contributed by atoms with Gasteiger partial charge in [-0.1, -0.05) is 6.07 Å². The fourth-order valence-corrected chi connectivity index (χ4v) is 3.00. The zero-order chi connectivity index (χ0) is 12.7. The van der Waals surface area contributed by atoms with E-state index in [0.717, 1.165) is 42.9 Å². The summed E-state index contributed by atoms with van der Waals surface area (Å²) in [5, 5.41) is 6.51. The molecule has 2 N–H and O–H groups in total. The lowest BCUT2D eigenvalue weighted by molar-refractivity contribution is 0.0925. The van der Waals surface area contributed by atoms with Crippen LogP contribution in [0.4, 0.5) is 5.69 Å². The Balaban J connectivity index is 2.12. The Labute approximate surface area is 107 Å². The number of fused-ring (bicyclic) bond motifs is 3. The van der Waals surface area contributed by atoms with E-state index in [-0.39, 0.29) is 12.1 Å². The van der Waals surface area contributed by atoms with E-state index < -0.39 is 0 Å². The second-order valence-corrected chi connectivity index (χ2v) is 5.20. The van der Waals surface area contributed by atoms with Gasteiger partial charge in [0.25, 0.3) is 5.91 Å². The summed E-state index contributed by atoms with van der Waals surface area (Å²) in [4.78, 5) is 14.6. The molecule has 4 heteroatoms. The molecule has 0 aliphatic carbocycles. The summed E-state index contributed by atoms with van der Waals surface area (Å²) in [5.41, 5.74) is 4.23. The number of carbonyl (C=O) groups is 1. The third kappa shape index (κ3) is 1.77. The van der Waals surface area contributed by atoms with Crippen molar-refractivity contribution in [2.24, 2.45) is 0 Å². The molecule has 0 spiro atoms. The Morgan fingerprint density at radius 3 is 2.94 bits per heavy atom. The van der Waals surface area contributed by atoms with Crippen molar-refractivity contribution in [3.05, 3.63) is 28.8 Å². The van der Waals surface area contributed by atoms with Crippen LogP contribution in [-0.2, 0) is 0 Å². The van der Waals surface area contributed by atoms with Gasteiger partial charge in [0.2, 0.25) is 0 Å². The number of benzene rings is 1. The van der Waals surface area contributed by atoms with Gasteiger partial charge in [-0.25, -0.2) is 0 Å². The highest BCUT2D eigenvalue weighted by atomic mass is 16.2. The molecular formula is C14H19N3O. The van der Waals surface area contributed by atoms with Crippen LogP contribution in [0.5, 0.6) is 0 Å². The van der Waals surface area contributed by atoms with Gasteiger partial charge < -0.3 is 15.5 Å². The van der Waals surface area contributed by atoms with Crippen LogP contribution in [0, 0.1) is 13.8 Å². The topological polar surface area (TPSA) is 44.4 Å². The van der Waals surface area contributed by atoms with E-state index in [9.17, 15) is 4.79 Å². The van der Waals surface area contributed by atoms with E-state index in [1.807, 2.05) is 6.92 Å². The van der Waals surface area contributed by atoms with Crippen molar-refractivity contribution in [3.63, 3.8) is 0 Å². The lowest BCUT2D eigenvalue weighted by Crippen LogP contribution is -2.53. The fraction of sp³-hybridized carbons (Fsp3) is 0.500. The second kappa shape index (κ2) is 4.28. The highest BCUT2D eigenvalue weighted by Gasteiger charge is 2.32. The third-order valence-corrected chi connectivity index (χ3v) is 3.79. The summed E-state index contributed by atoms with van der Waals surface area (Å²) in [6, 6.07) is 4.22. The van der Waals surface area contributed by atoms with Crippen LogP contribution < -0.4 is 15.5 Å². The molecule has 0 bridgehead atoms. The van der Waals surface area contributed by atoms with Crippen LogP contribution in [0.3, 0.4) is 0 Å². The number of carbonyl (C=O) groups excluding carboxylic acids is 1. The van der Waals surface area contributed by atoms with Gasteiger partial charge in [0.15, 0.2) is 0 Å². The maximum Gasteiger partial charge on any atom is 0.255 e. The second-order valence-electron chi connectivity index (χ2n) is 5.20. The smallest absolute Gasteiger partial charge is 0.255 e. The number of aryl methyl sites for hydroxylation is 2. The first kappa shape index (κ1) is 11.5. The zero-order valence-electron chi connectivity index (χ0n) is 10.9. The maximum absolute atomic E-state index is 12.2. The average molecular weight is 245 g/mol. The van der Waals surface area contributed by atoms with Crippen molar-refractivity contribution in [2.75, 3.05) is 24.5 Å². The molecule has 0 aromatic heterocycles. The monoisotopic (exact) mass is 245 g/mol. The van der Waals surface area contributed by atoms with Gasteiger partial charge in [-0.05, 0) is 44.0 Å². The lowest BCUT2D eigenvalue weighted by atomic mass is 9.98. The third-order valence-electron chi connectivity index (χ3n) is 3.79. The number of hydrogen-bond acceptors (Lipinski definition) is 3. The van der Waals surface area contributed by atoms with Crippen LogP contribution in [0.2, 0.25) is 0 Å². The van der Waals surface area contributed by atoms with Gasteiger partial charge in [0.1, 0.15) is 6.17 Å². The average Bonchev–Trinajstić information content (AvgIpc) is 2.53. The first-order chi connectivity index (χ1) is 8.66. The minimum Gasteiger partial charge on any atom is -0.349 e. The van der Waals surface area contributed by atoms with Gasteiger partial charge in [-0.15, -0.1) is 0 Å². The van der Waals surface area contributed by atoms with E-state index in [1.54, 1.807) is 0 Å². The van der Waals surface area contributed by atoms with Gasteiger partial charge in [-0.3, -0.25) is 4.79 Å². The fourth-order valence-electron chi connectivity index (χ4n) is 3.00. The molecular weight excluding hydrogens is 226 g/mol. The molecule has 1 fully saturated rings. The number of rotatable bonds is 0. The van der Waals surface area contributed by atoms with Crippen LogP contribution in [0.15, 0.2) is 12.1 Å². The van der Waals surface area contributed by atoms with E-state index in [4.69, 9.17) is 0 Å². The molecule has 1 saturated heterocycles. The van der Waals surface area contributed by atoms with Gasteiger partial charge in [-0.2, -0.15) is 0 Å². The van der Waals surface area contributed by atoms with Crippen molar-refractivity contribution < 1.29 is 4.79 Å². The highest BCUT2D eigenvalue weighted by molar-refractivity contribution is 6.03. The summed E-state index contributed by atoms with van der Waals surface area (Å²) in [7, 11) is 0. The van der Waals surface area contributed by atoms with Crippen LogP contribution in [-0.4, -0.2) is 31.7 Å². The van der Waals surface area contributed by atoms with E-state index >= 15 is 0 Å². The molecule has 0 saturated carbocycles. The molecule has 18 heavy (non-hydrogen) atoms. The number of nitrogens with zero attached hydrogens (tertiary/aromatic N) is 1. The predicted molar refractivity (Wildman–Crippen MR) is 72.0 cm³/mol. The van der Waals surface area contributed by atoms with Crippen molar-refractivity contribution in [2.45, 2.75) is 26.4 Å². The first-order valence-electron chi connectivity index (χ1n) is 6.56. The molecule has 2 aliphatic rings. The molecule has 96 valence electrons. The normalized spacial score (nSPS) is 22.9. The van der Waals surface area contributed by atoms with Gasteiger partial charge in [0.05, 0.1) is 11.3 Å². The molecule has 1 aromatic carbocycles. The summed E-state index contributed by atoms with van der Waals surface area (Å²) in [5.74, 6) is 0.0747. The Hall–Kier alpha value is -1.55. The zero-order valence-corrected chi connectivity index (χ0v) is 10.9. The quantitative estimate of drug-likeness (QED) is 0.721. The minimum absolute atomic E-state index is 0.0747. The minimum atomic E-state index is 0.0747. The van der Waals surface area contributed by atoms with Gasteiger partial charge in [0, 0.05) is 13.1 Å². The van der Waals surface area contributed by atoms with E-state index in [2.05, 4.69) is 34.6 Å². The molecule has 0 radical (unpaired) electrons. The van der Waals surface area contributed by atoms with Crippen molar-refractivity contribution in [1.29, 1.82) is 0 Å². The van der Waals surface area contributed by atoms with Crippen LogP contribution in [0.25, 0.3) is 0 Å². The Kier molecular flexibility index (Phi) is 2.74. The summed E-state index contributed by atoms with van der Waals surface area (Å²) >= 11 is 0. The molecule has 1 amide bonds. The van der Waals surface area contributed by atoms with Crippen molar-refractivity contribution in [1.82, 2.24) is 10.6 Å². The molecule has 2 aliphatic heterocycles. The molecule has 1 atom stereocenters. The highest BCUT2D eigenvalue weighted by Crippen LogP contribution is 2.31. The maximum atomic E-state index is 12.2. The summed E-state index contributed by atoms with van der Waals surface area (Å²) in [6.45, 7) is 6.98. The summed E-state index contributed by atoms with van der Waals surface area (Å²) < 4.78 is 0. The molecule has 1 unspecified atom stereocenters. The number of anilines is 1. The van der Waals surface area contributed by atoms with Crippen molar-refractivity contribution >= 4 is 11.6 Å². The standard InChI is InChI=1S/C14H19N3O/c1-9-7-10(2)13-11(8-9)17-6-5-15-4-3-12(17)16-14(13)18/h7-8,12,15H,3-6H2,1-2H3,(H,16,18). The van der Waals surface area contributed by atoms with E-state index in [0.29, 0.717) is 0 Å². The predicted octanol–water partition coefficient (Wildman–Crippen LogP) is 1.17. The van der Waals surface area contributed by atoms with Gasteiger partial charge >= 0.3 is 0 Å². The Bertz CT molecular complexity index is 498. The number of nitrogens with one attached hydrogen (secondary N) is 2.